The van der Waals surface area contributed by atoms with Gasteiger partial charge in [0.15, 0.2) is 17.5 Å². The predicted octanol–water partition coefficient (Wildman–Crippen LogP) is 3.40. The van der Waals surface area contributed by atoms with Gasteiger partial charge >= 0.3 is 0 Å². The van der Waals surface area contributed by atoms with E-state index < -0.39 is 58.4 Å². The Hall–Kier alpha value is -3.50. The molecule has 0 radical (unpaired) electrons. The Morgan fingerprint density at radius 3 is 2.41 bits per heavy atom. The number of nitrogens with one attached hydrogen (secondary N) is 1. The first-order chi connectivity index (χ1) is 17.4. The van der Waals surface area contributed by atoms with Gasteiger partial charge < -0.3 is 21.3 Å². The summed E-state index contributed by atoms with van der Waals surface area (Å²) >= 11 is 0. The Morgan fingerprint density at radius 2 is 1.78 bits per heavy atom. The third-order valence-electron chi connectivity index (χ3n) is 6.18. The Balaban J connectivity index is 1.84. The number of aromatic nitrogens is 1. The number of aliphatic hydroxyl groups excluding tert-OH is 1. The van der Waals surface area contributed by atoms with E-state index in [0.717, 1.165) is 17.8 Å². The zero-order chi connectivity index (χ0) is 27.3. The number of nitrogens with two attached hydrogens (primary N) is 1. The van der Waals surface area contributed by atoms with E-state index in [9.17, 15) is 33.0 Å². The lowest BCUT2D eigenvalue weighted by Gasteiger charge is -2.28. The van der Waals surface area contributed by atoms with Crippen molar-refractivity contribution in [2.45, 2.75) is 57.3 Å². The van der Waals surface area contributed by atoms with E-state index in [2.05, 4.69) is 10.3 Å². The number of amides is 2. The second-order valence-electron chi connectivity index (χ2n) is 9.81. The minimum Gasteiger partial charge on any atom is -0.391 e. The summed E-state index contributed by atoms with van der Waals surface area (Å²) in [6.07, 6.45) is 0.499. The van der Waals surface area contributed by atoms with Gasteiger partial charge in [0.25, 0.3) is 5.91 Å². The van der Waals surface area contributed by atoms with Crippen molar-refractivity contribution in [3.05, 3.63) is 77.2 Å². The molecule has 10 heteroatoms. The van der Waals surface area contributed by atoms with Crippen molar-refractivity contribution >= 4 is 22.7 Å². The van der Waals surface area contributed by atoms with Crippen LogP contribution in [-0.2, 0) is 11.2 Å². The van der Waals surface area contributed by atoms with Gasteiger partial charge in [-0.05, 0) is 57.2 Å². The number of fused-ring (bicyclic) bond motifs is 1. The minimum absolute atomic E-state index is 0.0587. The maximum Gasteiger partial charge on any atom is 0.253 e. The van der Waals surface area contributed by atoms with E-state index in [-0.39, 0.29) is 36.6 Å². The van der Waals surface area contributed by atoms with E-state index in [1.807, 2.05) is 18.2 Å². The number of primary amides is 1. The van der Waals surface area contributed by atoms with Crippen molar-refractivity contribution in [2.24, 2.45) is 11.7 Å². The summed E-state index contributed by atoms with van der Waals surface area (Å²) in [6.45, 7) is 3.20. The van der Waals surface area contributed by atoms with Gasteiger partial charge in [0.05, 0.1) is 23.3 Å². The molecule has 0 saturated heterocycles. The lowest BCUT2D eigenvalue weighted by Crippen LogP contribution is -2.46. The van der Waals surface area contributed by atoms with Crippen LogP contribution in [0.3, 0.4) is 0 Å². The molecule has 5 N–H and O–H groups in total. The molecule has 3 aromatic rings. The maximum absolute atomic E-state index is 14.0. The number of benzene rings is 2. The largest absolute Gasteiger partial charge is 0.391 e. The molecule has 3 atom stereocenters. The molecular formula is C27H30F3N3O4. The number of carbonyl (C=O) groups excluding carboxylic acids is 2. The Bertz CT molecular complexity index is 1270. The van der Waals surface area contributed by atoms with Gasteiger partial charge in [-0.1, -0.05) is 30.3 Å². The van der Waals surface area contributed by atoms with Crippen molar-refractivity contribution in [1.82, 2.24) is 10.3 Å². The number of halogens is 3. The first kappa shape index (κ1) is 28.1. The summed E-state index contributed by atoms with van der Waals surface area (Å²) in [5.41, 5.74) is 4.82. The molecule has 0 bridgehead atoms. The molecule has 0 unspecified atom stereocenters. The van der Waals surface area contributed by atoms with Gasteiger partial charge in [-0.2, -0.15) is 0 Å². The molecule has 0 fully saturated rings. The molecule has 3 rings (SSSR count). The number of rotatable bonds is 11. The van der Waals surface area contributed by atoms with E-state index in [1.165, 1.54) is 6.07 Å². The lowest BCUT2D eigenvalue weighted by atomic mass is 9.87. The molecule has 0 spiro atoms. The van der Waals surface area contributed by atoms with Crippen LogP contribution in [0.5, 0.6) is 0 Å². The average molecular weight is 518 g/mol. The topological polar surface area (TPSA) is 126 Å². The molecule has 198 valence electrons. The maximum atomic E-state index is 14.0. The fourth-order valence-electron chi connectivity index (χ4n) is 4.07. The molecular weight excluding hydrogens is 487 g/mol. The van der Waals surface area contributed by atoms with Crippen molar-refractivity contribution in [3.8, 4) is 0 Å². The van der Waals surface area contributed by atoms with Crippen LogP contribution >= 0.6 is 0 Å². The Kier molecular flexibility index (Phi) is 8.88. The quantitative estimate of drug-likeness (QED) is 0.290. The number of hydrogen-bond donors (Lipinski definition) is 4. The number of carbonyl (C=O) groups is 2. The third-order valence-corrected chi connectivity index (χ3v) is 6.18. The highest BCUT2D eigenvalue weighted by atomic mass is 19.2. The SMILES string of the molecule is CC(C)(O)CC[C@H](C[C@H](O)[C@H](Cc1ccccc1)NC(=O)c1cnc2c(F)c(F)c(F)cc2c1)C(N)=O. The van der Waals surface area contributed by atoms with Crippen molar-refractivity contribution in [1.29, 1.82) is 0 Å². The Labute approximate surface area is 212 Å². The fraction of sp³-hybridized carbons (Fsp3) is 0.370. The van der Waals surface area contributed by atoms with Crippen LogP contribution in [0.25, 0.3) is 10.9 Å². The van der Waals surface area contributed by atoms with Crippen LogP contribution in [0.15, 0.2) is 48.7 Å². The van der Waals surface area contributed by atoms with Gasteiger partial charge in [0, 0.05) is 17.5 Å². The third kappa shape index (κ3) is 7.50. The molecule has 0 aliphatic carbocycles. The first-order valence-corrected chi connectivity index (χ1v) is 11.8. The van der Waals surface area contributed by atoms with Crippen molar-refractivity contribution < 1.29 is 33.0 Å². The molecule has 37 heavy (non-hydrogen) atoms. The van der Waals surface area contributed by atoms with Gasteiger partial charge in [-0.15, -0.1) is 0 Å². The highest BCUT2D eigenvalue weighted by Crippen LogP contribution is 2.24. The second kappa shape index (κ2) is 11.7. The summed E-state index contributed by atoms with van der Waals surface area (Å²) in [4.78, 5) is 28.9. The lowest BCUT2D eigenvalue weighted by molar-refractivity contribution is -0.123. The van der Waals surface area contributed by atoms with Crippen LogP contribution in [0.4, 0.5) is 13.2 Å². The zero-order valence-corrected chi connectivity index (χ0v) is 20.5. The standard InChI is InChI=1S/C27H30F3N3O4/c1-27(2,37)9-8-16(25(31)35)13-21(34)20(10-15-6-4-3-5-7-15)33-26(36)18-11-17-12-19(28)22(29)23(30)24(17)32-14-18/h3-7,11-12,14,16,20-21,34,37H,8-10,13H2,1-2H3,(H2,31,35)(H,33,36)/t16-,20+,21+/m1/s1. The summed E-state index contributed by atoms with van der Waals surface area (Å²) in [7, 11) is 0. The highest BCUT2D eigenvalue weighted by Gasteiger charge is 2.29. The molecule has 1 aromatic heterocycles. The number of hydrogen-bond acceptors (Lipinski definition) is 5. The van der Waals surface area contributed by atoms with E-state index in [4.69, 9.17) is 5.73 Å². The highest BCUT2D eigenvalue weighted by molar-refractivity contribution is 5.97. The fourth-order valence-corrected chi connectivity index (χ4v) is 4.07. The van der Waals surface area contributed by atoms with Gasteiger partial charge in [0.1, 0.15) is 5.52 Å². The zero-order valence-electron chi connectivity index (χ0n) is 20.5. The van der Waals surface area contributed by atoms with E-state index in [1.54, 1.807) is 26.0 Å². The van der Waals surface area contributed by atoms with Crippen molar-refractivity contribution in [3.63, 3.8) is 0 Å². The first-order valence-electron chi connectivity index (χ1n) is 11.8. The number of aliphatic hydroxyl groups is 2. The molecule has 2 aromatic carbocycles. The molecule has 7 nitrogen and oxygen atoms in total. The Morgan fingerprint density at radius 1 is 1.11 bits per heavy atom. The summed E-state index contributed by atoms with van der Waals surface area (Å²) < 4.78 is 41.2. The van der Waals surface area contributed by atoms with Gasteiger partial charge in [-0.3, -0.25) is 14.6 Å². The number of pyridine rings is 1. The van der Waals surface area contributed by atoms with Crippen LogP contribution in [0.2, 0.25) is 0 Å². The summed E-state index contributed by atoms with van der Waals surface area (Å²) in [5, 5.41) is 23.7. The number of nitrogens with zero attached hydrogens (tertiary/aromatic N) is 1. The minimum atomic E-state index is -1.66. The molecule has 0 saturated carbocycles. The van der Waals surface area contributed by atoms with Crippen molar-refractivity contribution in [2.75, 3.05) is 0 Å². The summed E-state index contributed by atoms with van der Waals surface area (Å²) in [5.74, 6) is -6.60. The summed E-state index contributed by atoms with van der Waals surface area (Å²) in [6, 6.07) is 10.1. The molecule has 2 amide bonds. The second-order valence-corrected chi connectivity index (χ2v) is 9.81. The van der Waals surface area contributed by atoms with Crippen LogP contribution in [0.1, 0.15) is 49.0 Å². The van der Waals surface area contributed by atoms with Gasteiger partial charge in [0.2, 0.25) is 5.91 Å². The van der Waals surface area contributed by atoms with Crippen LogP contribution < -0.4 is 11.1 Å². The van der Waals surface area contributed by atoms with Gasteiger partial charge in [-0.25, -0.2) is 13.2 Å². The van der Waals surface area contributed by atoms with Crippen LogP contribution in [-0.4, -0.2) is 44.8 Å². The van der Waals surface area contributed by atoms with E-state index in [0.29, 0.717) is 0 Å². The average Bonchev–Trinajstić information content (AvgIpc) is 2.84. The smallest absolute Gasteiger partial charge is 0.253 e. The van der Waals surface area contributed by atoms with Crippen LogP contribution in [0, 0.1) is 23.4 Å². The van der Waals surface area contributed by atoms with E-state index >= 15 is 0 Å². The molecule has 1 heterocycles. The molecule has 0 aliphatic rings. The predicted molar refractivity (Wildman–Crippen MR) is 132 cm³/mol. The molecule has 0 aliphatic heterocycles. The normalized spacial score (nSPS) is 14.2. The monoisotopic (exact) mass is 517 g/mol.